The summed E-state index contributed by atoms with van der Waals surface area (Å²) in [5, 5.41) is 9.75. The van der Waals surface area contributed by atoms with Gasteiger partial charge in [-0.3, -0.25) is 9.59 Å². The first-order valence-electron chi connectivity index (χ1n) is 10.7. The number of amides is 1. The van der Waals surface area contributed by atoms with Crippen LogP contribution < -0.4 is 5.56 Å². The van der Waals surface area contributed by atoms with Crippen molar-refractivity contribution in [3.63, 3.8) is 0 Å². The molecule has 4 aromatic rings. The predicted octanol–water partition coefficient (Wildman–Crippen LogP) is 3.21. The van der Waals surface area contributed by atoms with E-state index in [1.54, 1.807) is 47.3 Å². The monoisotopic (exact) mass is 462 g/mol. The second-order valence-corrected chi connectivity index (χ2v) is 8.93. The number of likely N-dealkylation sites (N-methyl/N-ethyl adjacent to an activating group) is 1. The zero-order chi connectivity index (χ0) is 23.1. The number of aromatic amines is 1. The average molecular weight is 463 g/mol. The van der Waals surface area contributed by atoms with Crippen LogP contribution in [0.25, 0.3) is 27.8 Å². The maximum atomic E-state index is 12.8. The third-order valence-electron chi connectivity index (χ3n) is 6.14. The molecule has 1 fully saturated rings. The maximum Gasteiger partial charge on any atom is 0.258 e. The number of carbonyl (C=O) groups is 1. The lowest BCUT2D eigenvalue weighted by Gasteiger charge is -2.20. The van der Waals surface area contributed by atoms with Gasteiger partial charge in [-0.15, -0.1) is 5.10 Å². The summed E-state index contributed by atoms with van der Waals surface area (Å²) >= 11 is 6.09. The van der Waals surface area contributed by atoms with Crippen molar-refractivity contribution in [3.8, 4) is 16.9 Å². The van der Waals surface area contributed by atoms with E-state index in [1.807, 2.05) is 31.1 Å². The summed E-state index contributed by atoms with van der Waals surface area (Å²) in [6.45, 7) is 1.51. The van der Waals surface area contributed by atoms with Crippen molar-refractivity contribution in [2.45, 2.75) is 12.5 Å². The quantitative estimate of drug-likeness (QED) is 0.503. The molecular formula is C24H23ClN6O2. The highest BCUT2D eigenvalue weighted by Gasteiger charge is 2.28. The van der Waals surface area contributed by atoms with Gasteiger partial charge >= 0.3 is 0 Å². The summed E-state index contributed by atoms with van der Waals surface area (Å²) in [7, 11) is 4.08. The van der Waals surface area contributed by atoms with Crippen LogP contribution in [-0.4, -0.2) is 68.9 Å². The van der Waals surface area contributed by atoms with Crippen molar-refractivity contribution in [1.82, 2.24) is 29.8 Å². The van der Waals surface area contributed by atoms with Crippen LogP contribution >= 0.6 is 11.6 Å². The van der Waals surface area contributed by atoms with Crippen molar-refractivity contribution in [1.29, 1.82) is 0 Å². The Hall–Kier alpha value is -3.49. The van der Waals surface area contributed by atoms with E-state index in [1.165, 1.54) is 0 Å². The molecule has 33 heavy (non-hydrogen) atoms. The number of nitrogens with zero attached hydrogens (tertiary/aromatic N) is 5. The van der Waals surface area contributed by atoms with Crippen molar-refractivity contribution in [3.05, 3.63) is 75.7 Å². The van der Waals surface area contributed by atoms with E-state index < -0.39 is 0 Å². The molecule has 3 heterocycles. The second-order valence-electron chi connectivity index (χ2n) is 8.50. The first-order chi connectivity index (χ1) is 15.9. The number of carbonyl (C=O) groups excluding carboxylic acids is 1. The van der Waals surface area contributed by atoms with E-state index in [-0.39, 0.29) is 11.5 Å². The minimum absolute atomic E-state index is 0.0338. The van der Waals surface area contributed by atoms with E-state index in [0.717, 1.165) is 30.6 Å². The van der Waals surface area contributed by atoms with Crippen molar-refractivity contribution < 1.29 is 4.79 Å². The zero-order valence-electron chi connectivity index (χ0n) is 18.3. The molecule has 1 aliphatic heterocycles. The number of pyridine rings is 1. The van der Waals surface area contributed by atoms with Gasteiger partial charge in [-0.2, -0.15) is 0 Å². The number of hydrogen-bond donors (Lipinski definition) is 1. The zero-order valence-corrected chi connectivity index (χ0v) is 19.1. The van der Waals surface area contributed by atoms with Crippen LogP contribution in [0.5, 0.6) is 0 Å². The molecule has 2 aromatic heterocycles. The summed E-state index contributed by atoms with van der Waals surface area (Å²) in [6.07, 6.45) is 2.68. The largest absolute Gasteiger partial charge is 0.337 e. The highest BCUT2D eigenvalue weighted by atomic mass is 35.5. The van der Waals surface area contributed by atoms with Gasteiger partial charge in [0.2, 0.25) is 0 Å². The Morgan fingerprint density at radius 3 is 2.67 bits per heavy atom. The number of likely N-dealkylation sites (tertiary alicyclic amines) is 1. The van der Waals surface area contributed by atoms with E-state index in [4.69, 9.17) is 11.6 Å². The summed E-state index contributed by atoms with van der Waals surface area (Å²) in [5.74, 6) is 0.0338. The van der Waals surface area contributed by atoms with Crippen LogP contribution in [0.2, 0.25) is 5.02 Å². The number of nitrogens with one attached hydrogen (secondary N) is 1. The third-order valence-corrected chi connectivity index (χ3v) is 6.37. The number of benzene rings is 2. The fraction of sp³-hybridized carbons (Fsp3) is 0.250. The number of halogens is 1. The van der Waals surface area contributed by atoms with Crippen LogP contribution in [0.15, 0.2) is 59.5 Å². The molecule has 0 aliphatic carbocycles. The summed E-state index contributed by atoms with van der Waals surface area (Å²) in [6, 6.07) is 14.7. The highest BCUT2D eigenvalue weighted by molar-refractivity contribution is 6.31. The molecule has 0 spiro atoms. The lowest BCUT2D eigenvalue weighted by Crippen LogP contribution is -2.34. The first kappa shape index (κ1) is 21.4. The molecule has 1 amide bonds. The van der Waals surface area contributed by atoms with Crippen LogP contribution in [0.3, 0.4) is 0 Å². The maximum absolute atomic E-state index is 12.8. The summed E-state index contributed by atoms with van der Waals surface area (Å²) in [5.41, 5.74) is 2.70. The van der Waals surface area contributed by atoms with Crippen molar-refractivity contribution in [2.75, 3.05) is 27.2 Å². The Morgan fingerprint density at radius 1 is 1.15 bits per heavy atom. The molecule has 8 nitrogen and oxygen atoms in total. The van der Waals surface area contributed by atoms with E-state index >= 15 is 0 Å². The molecule has 5 rings (SSSR count). The van der Waals surface area contributed by atoms with Crippen molar-refractivity contribution in [2.24, 2.45) is 0 Å². The van der Waals surface area contributed by atoms with Gasteiger partial charge in [0, 0.05) is 40.6 Å². The predicted molar refractivity (Wildman–Crippen MR) is 128 cm³/mol. The standard InChI is InChI=1S/C24H23ClN6O2/c1-29(2)19-9-10-30(13-19)24(33)15-3-6-18(7-4-15)31-14-22(27-28-31)20-12-16-11-17(25)5-8-21(16)26-23(20)32/h3-8,11-12,14,19H,9-10,13H2,1-2H3,(H,26,32). The SMILES string of the molecule is CN(C)C1CCN(C(=O)c2ccc(-n3cc(-c4cc5cc(Cl)ccc5[nH]c4=O)nn3)cc2)C1. The fourth-order valence-electron chi connectivity index (χ4n) is 4.17. The molecule has 1 unspecified atom stereocenters. The molecule has 1 N–H and O–H groups in total. The van der Waals surface area contributed by atoms with Gasteiger partial charge in [0.05, 0.1) is 17.4 Å². The third kappa shape index (κ3) is 4.15. The van der Waals surface area contributed by atoms with Crippen LogP contribution in [0, 0.1) is 0 Å². The van der Waals surface area contributed by atoms with Gasteiger partial charge in [-0.05, 0) is 69.0 Å². The topological polar surface area (TPSA) is 87.1 Å². The van der Waals surface area contributed by atoms with Crippen LogP contribution in [0.1, 0.15) is 16.8 Å². The Morgan fingerprint density at radius 2 is 1.94 bits per heavy atom. The van der Waals surface area contributed by atoms with E-state index in [2.05, 4.69) is 20.2 Å². The normalized spacial score (nSPS) is 16.1. The van der Waals surface area contributed by atoms with Gasteiger partial charge in [-0.25, -0.2) is 4.68 Å². The number of rotatable bonds is 4. The minimum Gasteiger partial charge on any atom is -0.337 e. The highest BCUT2D eigenvalue weighted by Crippen LogP contribution is 2.22. The second kappa shape index (κ2) is 8.46. The molecule has 0 radical (unpaired) electrons. The Balaban J connectivity index is 1.37. The lowest BCUT2D eigenvalue weighted by molar-refractivity contribution is 0.0783. The molecular weight excluding hydrogens is 440 g/mol. The molecule has 9 heteroatoms. The van der Waals surface area contributed by atoms with Crippen LogP contribution in [0.4, 0.5) is 0 Å². The minimum atomic E-state index is -0.251. The molecule has 168 valence electrons. The molecule has 0 bridgehead atoms. The molecule has 2 aromatic carbocycles. The lowest BCUT2D eigenvalue weighted by atomic mass is 10.1. The molecule has 1 atom stereocenters. The van der Waals surface area contributed by atoms with Gasteiger partial charge in [0.15, 0.2) is 0 Å². The average Bonchev–Trinajstić information content (AvgIpc) is 3.49. The Labute approximate surface area is 195 Å². The fourth-order valence-corrected chi connectivity index (χ4v) is 4.35. The van der Waals surface area contributed by atoms with Crippen molar-refractivity contribution >= 4 is 28.4 Å². The van der Waals surface area contributed by atoms with Gasteiger partial charge < -0.3 is 14.8 Å². The van der Waals surface area contributed by atoms with Gasteiger partial charge in [0.25, 0.3) is 11.5 Å². The van der Waals surface area contributed by atoms with E-state index in [9.17, 15) is 9.59 Å². The Kier molecular flexibility index (Phi) is 5.47. The molecule has 1 aliphatic rings. The summed E-state index contributed by atoms with van der Waals surface area (Å²) in [4.78, 5) is 32.3. The smallest absolute Gasteiger partial charge is 0.258 e. The number of hydrogen-bond acceptors (Lipinski definition) is 5. The van der Waals surface area contributed by atoms with Gasteiger partial charge in [0.1, 0.15) is 5.69 Å². The van der Waals surface area contributed by atoms with E-state index in [0.29, 0.717) is 33.4 Å². The molecule has 0 saturated carbocycles. The number of aromatic nitrogens is 4. The Bertz CT molecular complexity index is 1390. The van der Waals surface area contributed by atoms with Crippen LogP contribution in [-0.2, 0) is 0 Å². The first-order valence-corrected chi connectivity index (χ1v) is 11.1. The van der Waals surface area contributed by atoms with Gasteiger partial charge in [-0.1, -0.05) is 16.8 Å². The summed E-state index contributed by atoms with van der Waals surface area (Å²) < 4.78 is 1.59. The molecule has 1 saturated heterocycles. The number of fused-ring (bicyclic) bond motifs is 1. The number of H-pyrrole nitrogens is 1.